The molecule has 0 saturated carbocycles. The predicted octanol–water partition coefficient (Wildman–Crippen LogP) is 0.621. The summed E-state index contributed by atoms with van der Waals surface area (Å²) in [6.07, 6.45) is 1.24. The number of hydrogen-bond donors (Lipinski definition) is 3. The van der Waals surface area contributed by atoms with Crippen molar-refractivity contribution in [2.24, 2.45) is 0 Å². The number of rotatable bonds is 3. The molecule has 19 heavy (non-hydrogen) atoms. The van der Waals surface area contributed by atoms with Gasteiger partial charge in [-0.3, -0.25) is 14.9 Å². The van der Waals surface area contributed by atoms with Crippen molar-refractivity contribution in [3.8, 4) is 0 Å². The summed E-state index contributed by atoms with van der Waals surface area (Å²) in [6.45, 7) is 1.80. The molecule has 0 saturated heterocycles. The average molecular weight is 259 g/mol. The topological polar surface area (TPSA) is 99.8 Å². The summed E-state index contributed by atoms with van der Waals surface area (Å²) in [6, 6.07) is 9.11. The van der Waals surface area contributed by atoms with Gasteiger partial charge in [-0.15, -0.1) is 0 Å². The summed E-state index contributed by atoms with van der Waals surface area (Å²) in [5, 5.41) is 10.9. The number of carbonyl (C=O) groups excluding carboxylic acids is 2. The van der Waals surface area contributed by atoms with E-state index in [-0.39, 0.29) is 12.0 Å². The van der Waals surface area contributed by atoms with Gasteiger partial charge in [0.2, 0.25) is 5.95 Å². The number of nitrogens with one attached hydrogen (secondary N) is 3. The normalized spacial score (nSPS) is 11.6. The van der Waals surface area contributed by atoms with Gasteiger partial charge in [0.25, 0.3) is 0 Å². The highest BCUT2D eigenvalue weighted by atomic mass is 16.2. The van der Waals surface area contributed by atoms with Crippen molar-refractivity contribution in [1.82, 2.24) is 20.5 Å². The first-order chi connectivity index (χ1) is 9.16. The molecule has 0 radical (unpaired) electrons. The minimum atomic E-state index is -0.792. The Labute approximate surface area is 109 Å². The number of nitrogens with zero attached hydrogens (tertiary/aromatic N) is 2. The van der Waals surface area contributed by atoms with E-state index in [1.54, 1.807) is 6.92 Å². The van der Waals surface area contributed by atoms with Crippen LogP contribution in [0.3, 0.4) is 0 Å². The molecule has 1 aromatic carbocycles. The molecule has 1 atom stereocenters. The van der Waals surface area contributed by atoms with E-state index in [1.165, 1.54) is 6.33 Å². The summed E-state index contributed by atoms with van der Waals surface area (Å²) in [5.74, 6) is -1.39. The monoisotopic (exact) mass is 259 g/mol. The van der Waals surface area contributed by atoms with Crippen LogP contribution in [0, 0.1) is 0 Å². The number of amides is 2. The lowest BCUT2D eigenvalue weighted by molar-refractivity contribution is -0.136. The molecule has 7 nitrogen and oxygen atoms in total. The molecule has 2 amide bonds. The van der Waals surface area contributed by atoms with Crippen LogP contribution in [0.2, 0.25) is 0 Å². The highest BCUT2D eigenvalue weighted by Crippen LogP contribution is 2.10. The number of anilines is 1. The summed E-state index contributed by atoms with van der Waals surface area (Å²) in [4.78, 5) is 26.9. The zero-order chi connectivity index (χ0) is 13.7. The molecule has 0 spiro atoms. The maximum atomic E-state index is 11.7. The quantitative estimate of drug-likeness (QED) is 0.703. The van der Waals surface area contributed by atoms with Crippen molar-refractivity contribution < 1.29 is 9.59 Å². The Kier molecular flexibility index (Phi) is 3.87. The van der Waals surface area contributed by atoms with E-state index in [4.69, 9.17) is 0 Å². The van der Waals surface area contributed by atoms with Gasteiger partial charge in [-0.2, -0.15) is 10.1 Å². The molecule has 0 aliphatic rings. The fraction of sp³-hybridized carbons (Fsp3) is 0.167. The molecule has 3 N–H and O–H groups in total. The Bertz CT molecular complexity index is 553. The van der Waals surface area contributed by atoms with Gasteiger partial charge in [0, 0.05) is 0 Å². The van der Waals surface area contributed by atoms with Crippen LogP contribution in [-0.2, 0) is 9.59 Å². The fourth-order valence-electron chi connectivity index (χ4n) is 1.52. The van der Waals surface area contributed by atoms with Crippen molar-refractivity contribution in [1.29, 1.82) is 0 Å². The zero-order valence-electron chi connectivity index (χ0n) is 10.3. The molecule has 1 aromatic heterocycles. The maximum absolute atomic E-state index is 11.7. The van der Waals surface area contributed by atoms with Crippen molar-refractivity contribution >= 4 is 17.8 Å². The van der Waals surface area contributed by atoms with Crippen LogP contribution < -0.4 is 10.6 Å². The molecular weight excluding hydrogens is 246 g/mol. The molecule has 98 valence electrons. The maximum Gasteiger partial charge on any atom is 0.316 e. The standard InChI is InChI=1S/C12H13N5O2/c1-8(9-5-3-2-4-6-9)15-10(18)11(19)16-12-13-7-14-17-12/h2-8H,1H3,(H,15,18)(H2,13,14,16,17,19). The summed E-state index contributed by atoms with van der Waals surface area (Å²) in [7, 11) is 0. The summed E-state index contributed by atoms with van der Waals surface area (Å²) in [5.41, 5.74) is 0.920. The molecule has 2 aromatic rings. The number of aromatic amines is 1. The summed E-state index contributed by atoms with van der Waals surface area (Å²) >= 11 is 0. The number of H-pyrrole nitrogens is 1. The summed E-state index contributed by atoms with van der Waals surface area (Å²) < 4.78 is 0. The van der Waals surface area contributed by atoms with Gasteiger partial charge < -0.3 is 5.32 Å². The number of hydrogen-bond acceptors (Lipinski definition) is 4. The Morgan fingerprint density at radius 2 is 1.95 bits per heavy atom. The van der Waals surface area contributed by atoms with E-state index in [0.29, 0.717) is 0 Å². The Hall–Kier alpha value is -2.70. The lowest BCUT2D eigenvalue weighted by Gasteiger charge is -2.13. The van der Waals surface area contributed by atoms with Crippen molar-refractivity contribution in [3.63, 3.8) is 0 Å². The lowest BCUT2D eigenvalue weighted by Crippen LogP contribution is -2.37. The minimum absolute atomic E-state index is 0.132. The van der Waals surface area contributed by atoms with Gasteiger partial charge in [-0.05, 0) is 12.5 Å². The molecular formula is C12H13N5O2. The minimum Gasteiger partial charge on any atom is -0.341 e. The molecule has 2 rings (SSSR count). The largest absolute Gasteiger partial charge is 0.341 e. The van der Waals surface area contributed by atoms with Gasteiger partial charge >= 0.3 is 11.8 Å². The van der Waals surface area contributed by atoms with Crippen molar-refractivity contribution in [2.45, 2.75) is 13.0 Å². The lowest BCUT2D eigenvalue weighted by atomic mass is 10.1. The Balaban J connectivity index is 1.92. The average Bonchev–Trinajstić information content (AvgIpc) is 2.92. The second-order valence-electron chi connectivity index (χ2n) is 3.89. The first-order valence-electron chi connectivity index (χ1n) is 5.69. The van der Waals surface area contributed by atoms with Crippen LogP contribution >= 0.6 is 0 Å². The van der Waals surface area contributed by atoms with Crippen LogP contribution in [0.25, 0.3) is 0 Å². The van der Waals surface area contributed by atoms with Crippen molar-refractivity contribution in [3.05, 3.63) is 42.2 Å². The van der Waals surface area contributed by atoms with E-state index in [9.17, 15) is 9.59 Å². The molecule has 1 heterocycles. The number of carbonyl (C=O) groups is 2. The van der Waals surface area contributed by atoms with E-state index in [2.05, 4.69) is 25.8 Å². The van der Waals surface area contributed by atoms with E-state index >= 15 is 0 Å². The van der Waals surface area contributed by atoms with E-state index in [1.807, 2.05) is 30.3 Å². The highest BCUT2D eigenvalue weighted by molar-refractivity contribution is 6.39. The van der Waals surface area contributed by atoms with Gasteiger partial charge in [0.1, 0.15) is 6.33 Å². The Morgan fingerprint density at radius 1 is 1.21 bits per heavy atom. The molecule has 7 heteroatoms. The zero-order valence-corrected chi connectivity index (χ0v) is 10.3. The van der Waals surface area contributed by atoms with Crippen LogP contribution in [-0.4, -0.2) is 27.0 Å². The second-order valence-corrected chi connectivity index (χ2v) is 3.89. The first-order valence-corrected chi connectivity index (χ1v) is 5.69. The Morgan fingerprint density at radius 3 is 2.58 bits per heavy atom. The third-order valence-corrected chi connectivity index (χ3v) is 2.50. The molecule has 1 unspecified atom stereocenters. The van der Waals surface area contributed by atoms with Crippen molar-refractivity contribution in [2.75, 3.05) is 5.32 Å². The number of benzene rings is 1. The second kappa shape index (κ2) is 5.76. The highest BCUT2D eigenvalue weighted by Gasteiger charge is 2.17. The SMILES string of the molecule is CC(NC(=O)C(=O)Nc1ncn[nH]1)c1ccccc1. The van der Waals surface area contributed by atoms with Crippen LogP contribution in [0.5, 0.6) is 0 Å². The molecule has 0 aliphatic heterocycles. The van der Waals surface area contributed by atoms with E-state index in [0.717, 1.165) is 5.56 Å². The van der Waals surface area contributed by atoms with E-state index < -0.39 is 11.8 Å². The molecule has 0 aliphatic carbocycles. The predicted molar refractivity (Wildman–Crippen MR) is 68.0 cm³/mol. The third kappa shape index (κ3) is 3.38. The van der Waals surface area contributed by atoms with Gasteiger partial charge in [-0.1, -0.05) is 30.3 Å². The van der Waals surface area contributed by atoms with Gasteiger partial charge in [0.15, 0.2) is 0 Å². The molecule has 0 fully saturated rings. The van der Waals surface area contributed by atoms with Gasteiger partial charge in [0.05, 0.1) is 6.04 Å². The van der Waals surface area contributed by atoms with Gasteiger partial charge in [-0.25, -0.2) is 5.10 Å². The van der Waals surface area contributed by atoms with Crippen LogP contribution in [0.15, 0.2) is 36.7 Å². The molecule has 0 bridgehead atoms. The third-order valence-electron chi connectivity index (χ3n) is 2.50. The van der Waals surface area contributed by atoms with Crippen LogP contribution in [0.1, 0.15) is 18.5 Å². The smallest absolute Gasteiger partial charge is 0.316 e. The fourth-order valence-corrected chi connectivity index (χ4v) is 1.52. The number of aromatic nitrogens is 3. The first kappa shape index (κ1) is 12.7. The van der Waals surface area contributed by atoms with Crippen LogP contribution in [0.4, 0.5) is 5.95 Å².